The molecule has 78 valence electrons. The molecule has 4 heteroatoms. The third-order valence-electron chi connectivity index (χ3n) is 2.21. The molecule has 0 aliphatic heterocycles. The number of nitrogens with zero attached hydrogens (tertiary/aromatic N) is 1. The molecule has 3 nitrogen and oxygen atoms in total. The average Bonchev–Trinajstić information content (AvgIpc) is 2.10. The van der Waals surface area contributed by atoms with Crippen molar-refractivity contribution in [3.05, 3.63) is 0 Å². The Labute approximate surface area is 130 Å². The van der Waals surface area contributed by atoms with Crippen LogP contribution in [-0.4, -0.2) is 31.0 Å². The molecule has 14 heavy (non-hydrogen) atoms. The van der Waals surface area contributed by atoms with E-state index in [2.05, 4.69) is 18.9 Å². The van der Waals surface area contributed by atoms with Crippen LogP contribution in [0.15, 0.2) is 0 Å². The van der Waals surface area contributed by atoms with Crippen LogP contribution in [0, 0.1) is 0 Å². The van der Waals surface area contributed by atoms with Gasteiger partial charge in [-0.15, -0.1) is 0 Å². The van der Waals surface area contributed by atoms with Gasteiger partial charge in [0.1, 0.15) is 0 Å². The molecule has 0 saturated carbocycles. The van der Waals surface area contributed by atoms with Gasteiger partial charge >= 0.3 is 51.4 Å². The average molecular weight is 225 g/mol. The molecule has 0 aliphatic carbocycles. The molecule has 0 bridgehead atoms. The second-order valence-corrected chi connectivity index (χ2v) is 3.43. The van der Waals surface area contributed by atoms with Crippen molar-refractivity contribution in [1.82, 2.24) is 4.90 Å². The van der Waals surface area contributed by atoms with Crippen molar-refractivity contribution < 1.29 is 61.3 Å². The quantitative estimate of drug-likeness (QED) is 0.343. The van der Waals surface area contributed by atoms with Crippen molar-refractivity contribution in [2.75, 3.05) is 20.1 Å². The zero-order chi connectivity index (χ0) is 10.1. The van der Waals surface area contributed by atoms with Gasteiger partial charge in [0.25, 0.3) is 0 Å². The van der Waals surface area contributed by atoms with E-state index >= 15 is 0 Å². The summed E-state index contributed by atoms with van der Waals surface area (Å²) >= 11 is 0. The number of carboxylic acids is 1. The number of hydrogen-bond donors (Lipinski definition) is 0. The van der Waals surface area contributed by atoms with Gasteiger partial charge in [-0.1, -0.05) is 19.8 Å². The van der Waals surface area contributed by atoms with Gasteiger partial charge < -0.3 is 14.8 Å². The number of aliphatic carboxylic acids is 1. The first-order valence-electron chi connectivity index (χ1n) is 5.05. The van der Waals surface area contributed by atoms with Crippen molar-refractivity contribution in [2.45, 2.75) is 39.0 Å². The summed E-state index contributed by atoms with van der Waals surface area (Å²) < 4.78 is 0. The van der Waals surface area contributed by atoms with E-state index in [1.165, 1.54) is 0 Å². The molecular formula is C10H20KNO2. The van der Waals surface area contributed by atoms with E-state index in [1.54, 1.807) is 0 Å². The van der Waals surface area contributed by atoms with Crippen molar-refractivity contribution >= 4 is 5.97 Å². The summed E-state index contributed by atoms with van der Waals surface area (Å²) in [4.78, 5) is 12.3. The van der Waals surface area contributed by atoms with E-state index in [0.29, 0.717) is 0 Å². The molecule has 0 radical (unpaired) electrons. The van der Waals surface area contributed by atoms with E-state index < -0.39 is 5.97 Å². The summed E-state index contributed by atoms with van der Waals surface area (Å²) in [6.07, 6.45) is 4.27. The Hall–Kier alpha value is 1.07. The van der Waals surface area contributed by atoms with Crippen LogP contribution in [0.2, 0.25) is 0 Å². The fourth-order valence-corrected chi connectivity index (χ4v) is 1.16. The Kier molecular flexibility index (Phi) is 15.1. The van der Waals surface area contributed by atoms with Gasteiger partial charge in [-0.25, -0.2) is 0 Å². The predicted molar refractivity (Wildman–Crippen MR) is 51.3 cm³/mol. The van der Waals surface area contributed by atoms with Gasteiger partial charge in [0, 0.05) is 5.97 Å². The summed E-state index contributed by atoms with van der Waals surface area (Å²) in [6, 6.07) is 0. The molecule has 0 saturated heterocycles. The topological polar surface area (TPSA) is 43.4 Å². The molecule has 0 aliphatic rings. The number of rotatable bonds is 8. The Bertz CT molecular complexity index is 142. The molecule has 0 aromatic rings. The maximum atomic E-state index is 10.1. The van der Waals surface area contributed by atoms with Gasteiger partial charge in [-0.3, -0.25) is 0 Å². The first-order valence-corrected chi connectivity index (χ1v) is 5.05. The smallest absolute Gasteiger partial charge is 0.550 e. The van der Waals surface area contributed by atoms with Gasteiger partial charge in [-0.05, 0) is 39.4 Å². The van der Waals surface area contributed by atoms with E-state index in [4.69, 9.17) is 0 Å². The van der Waals surface area contributed by atoms with Gasteiger partial charge in [0.2, 0.25) is 0 Å². The van der Waals surface area contributed by atoms with E-state index in [1.807, 2.05) is 0 Å². The SMILES string of the molecule is CCN(C)CCCCCCC(=O)[O-].[K+]. The number of carbonyl (C=O) groups excluding carboxylic acids is 1. The zero-order valence-corrected chi connectivity index (χ0v) is 12.8. The molecule has 0 unspecified atom stereocenters. The van der Waals surface area contributed by atoms with Crippen LogP contribution >= 0.6 is 0 Å². The molecular weight excluding hydrogens is 205 g/mol. The van der Waals surface area contributed by atoms with Crippen molar-refractivity contribution in [2.24, 2.45) is 0 Å². The molecule has 0 atom stereocenters. The molecule has 0 spiro atoms. The molecule has 0 heterocycles. The Morgan fingerprint density at radius 2 is 1.79 bits per heavy atom. The first-order chi connectivity index (χ1) is 6.16. The third kappa shape index (κ3) is 13.1. The van der Waals surface area contributed by atoms with E-state index in [-0.39, 0.29) is 57.8 Å². The summed E-state index contributed by atoms with van der Waals surface area (Å²) in [5.74, 6) is -0.925. The molecule has 0 rings (SSSR count). The normalized spacial score (nSPS) is 9.93. The van der Waals surface area contributed by atoms with Gasteiger partial charge in [0.15, 0.2) is 0 Å². The maximum absolute atomic E-state index is 10.1. The number of carboxylic acid groups (broad SMARTS) is 1. The van der Waals surface area contributed by atoms with Crippen LogP contribution in [-0.2, 0) is 4.79 Å². The fourth-order valence-electron chi connectivity index (χ4n) is 1.16. The number of unbranched alkanes of at least 4 members (excludes halogenated alkanes) is 3. The molecule has 0 N–H and O–H groups in total. The van der Waals surface area contributed by atoms with Crippen LogP contribution in [0.1, 0.15) is 39.0 Å². The Balaban J connectivity index is 0. The van der Waals surface area contributed by atoms with Gasteiger partial charge in [0.05, 0.1) is 0 Å². The molecule has 0 amide bonds. The minimum absolute atomic E-state index is 0. The summed E-state index contributed by atoms with van der Waals surface area (Å²) in [6.45, 7) is 4.33. The van der Waals surface area contributed by atoms with Crippen LogP contribution < -0.4 is 56.5 Å². The van der Waals surface area contributed by atoms with E-state index in [0.717, 1.165) is 38.8 Å². The second kappa shape index (κ2) is 12.1. The predicted octanol–water partition coefficient (Wildman–Crippen LogP) is -2.36. The van der Waals surface area contributed by atoms with Crippen molar-refractivity contribution in [3.63, 3.8) is 0 Å². The summed E-state index contributed by atoms with van der Waals surface area (Å²) in [5, 5.41) is 10.1. The van der Waals surface area contributed by atoms with E-state index in [9.17, 15) is 9.90 Å². The van der Waals surface area contributed by atoms with Gasteiger partial charge in [-0.2, -0.15) is 0 Å². The third-order valence-corrected chi connectivity index (χ3v) is 2.21. The molecule has 0 fully saturated rings. The standard InChI is InChI=1S/C10H21NO2.K/c1-3-11(2)9-7-5-4-6-8-10(12)13;/h3-9H2,1-2H3,(H,12,13);/q;+1/p-1. The number of hydrogen-bond acceptors (Lipinski definition) is 3. The minimum atomic E-state index is -0.925. The van der Waals surface area contributed by atoms with Crippen molar-refractivity contribution in [3.8, 4) is 0 Å². The first kappa shape index (κ1) is 17.5. The second-order valence-electron chi connectivity index (χ2n) is 3.43. The van der Waals surface area contributed by atoms with Crippen LogP contribution in [0.25, 0.3) is 0 Å². The fraction of sp³-hybridized carbons (Fsp3) is 0.900. The molecule has 0 aromatic heterocycles. The van der Waals surface area contributed by atoms with Crippen molar-refractivity contribution in [1.29, 1.82) is 0 Å². The summed E-state index contributed by atoms with van der Waals surface area (Å²) in [5.41, 5.74) is 0. The largest absolute Gasteiger partial charge is 1.00 e. The maximum Gasteiger partial charge on any atom is 1.00 e. The monoisotopic (exact) mass is 225 g/mol. The zero-order valence-electron chi connectivity index (χ0n) is 9.71. The minimum Gasteiger partial charge on any atom is -0.550 e. The summed E-state index contributed by atoms with van der Waals surface area (Å²) in [7, 11) is 2.10. The number of carbonyl (C=O) groups is 1. The molecule has 0 aromatic carbocycles. The van der Waals surface area contributed by atoms with Crippen LogP contribution in [0.4, 0.5) is 0 Å². The van der Waals surface area contributed by atoms with Crippen LogP contribution in [0.5, 0.6) is 0 Å². The Morgan fingerprint density at radius 1 is 1.21 bits per heavy atom. The Morgan fingerprint density at radius 3 is 2.29 bits per heavy atom. The van der Waals surface area contributed by atoms with Crippen LogP contribution in [0.3, 0.4) is 0 Å².